The Hall–Kier alpha value is -0.770. The zero-order chi connectivity index (χ0) is 6.85. The van der Waals surface area contributed by atoms with E-state index in [0.29, 0.717) is 6.54 Å². The average Bonchev–Trinajstić information content (AvgIpc) is 2.15. The quantitative estimate of drug-likeness (QED) is 0.387. The molecule has 1 fully saturated rings. The Morgan fingerprint density at radius 3 is 2.56 bits per heavy atom. The summed E-state index contributed by atoms with van der Waals surface area (Å²) < 4.78 is 0. The number of urea groups is 1. The fourth-order valence-corrected chi connectivity index (χ4v) is 0.895. The van der Waals surface area contributed by atoms with Crippen molar-refractivity contribution in [1.82, 2.24) is 9.91 Å². The molecule has 0 aromatic rings. The summed E-state index contributed by atoms with van der Waals surface area (Å²) in [7, 11) is 0. The summed E-state index contributed by atoms with van der Waals surface area (Å²) in [6, 6.07) is -0.0579. The molecule has 0 aliphatic carbocycles. The highest BCUT2D eigenvalue weighted by molar-refractivity contribution is 5.75. The van der Waals surface area contributed by atoms with Crippen LogP contribution in [0.4, 0.5) is 4.79 Å². The van der Waals surface area contributed by atoms with E-state index in [1.807, 2.05) is 6.92 Å². The van der Waals surface area contributed by atoms with Gasteiger partial charge in [0.05, 0.1) is 6.54 Å². The first kappa shape index (κ1) is 6.35. The first-order valence-corrected chi connectivity index (χ1v) is 3.07. The minimum Gasteiger partial charge on any atom is -0.322 e. The van der Waals surface area contributed by atoms with Crippen LogP contribution in [0.5, 0.6) is 0 Å². The maximum absolute atomic E-state index is 10.9. The van der Waals surface area contributed by atoms with Crippen LogP contribution in [-0.4, -0.2) is 35.6 Å². The van der Waals surface area contributed by atoms with Crippen LogP contribution in [0.15, 0.2) is 0 Å². The Morgan fingerprint density at radius 1 is 1.67 bits per heavy atom. The monoisotopic (exact) mass is 129 g/mol. The highest BCUT2D eigenvalue weighted by Gasteiger charge is 2.23. The number of hydrogen-bond donors (Lipinski definition) is 1. The third kappa shape index (κ3) is 0.977. The van der Waals surface area contributed by atoms with Crippen molar-refractivity contribution in [2.75, 3.05) is 19.6 Å². The Labute approximate surface area is 54.2 Å². The van der Waals surface area contributed by atoms with Crippen LogP contribution in [0.1, 0.15) is 6.92 Å². The third-order valence-electron chi connectivity index (χ3n) is 1.51. The highest BCUT2D eigenvalue weighted by atomic mass is 16.2. The molecule has 0 aromatic carbocycles. The summed E-state index contributed by atoms with van der Waals surface area (Å²) >= 11 is 0. The van der Waals surface area contributed by atoms with E-state index >= 15 is 0 Å². The second-order valence-corrected chi connectivity index (χ2v) is 2.06. The number of hydrazine groups is 1. The van der Waals surface area contributed by atoms with E-state index in [4.69, 9.17) is 5.84 Å². The van der Waals surface area contributed by atoms with E-state index < -0.39 is 0 Å². The summed E-state index contributed by atoms with van der Waals surface area (Å²) in [4.78, 5) is 12.6. The van der Waals surface area contributed by atoms with E-state index in [9.17, 15) is 4.79 Å². The van der Waals surface area contributed by atoms with E-state index in [0.717, 1.165) is 13.1 Å². The maximum atomic E-state index is 10.9. The van der Waals surface area contributed by atoms with Crippen LogP contribution in [0.25, 0.3) is 0 Å². The zero-order valence-electron chi connectivity index (χ0n) is 5.50. The Morgan fingerprint density at radius 2 is 2.33 bits per heavy atom. The van der Waals surface area contributed by atoms with Crippen LogP contribution in [0.2, 0.25) is 0 Å². The largest absolute Gasteiger partial charge is 0.334 e. The lowest BCUT2D eigenvalue weighted by Crippen LogP contribution is -2.36. The molecule has 0 atom stereocenters. The van der Waals surface area contributed by atoms with E-state index in [-0.39, 0.29) is 6.03 Å². The first-order chi connectivity index (χ1) is 4.25. The molecule has 0 bridgehead atoms. The van der Waals surface area contributed by atoms with Gasteiger partial charge < -0.3 is 4.90 Å². The molecule has 0 aromatic heterocycles. The van der Waals surface area contributed by atoms with Crippen molar-refractivity contribution >= 4 is 6.03 Å². The number of rotatable bonds is 1. The van der Waals surface area contributed by atoms with E-state index in [1.54, 1.807) is 4.90 Å². The second kappa shape index (κ2) is 2.23. The van der Waals surface area contributed by atoms with Gasteiger partial charge in [0.1, 0.15) is 0 Å². The van der Waals surface area contributed by atoms with Crippen molar-refractivity contribution in [1.29, 1.82) is 0 Å². The highest BCUT2D eigenvalue weighted by Crippen LogP contribution is 2.01. The standard InChI is InChI=1S/C5H11N3O/c1-2-7-3-4-8(6)5(7)9/h2-4,6H2,1H3. The molecule has 1 saturated heterocycles. The predicted octanol–water partition coefficient (Wildman–Crippen LogP) is -0.382. The fourth-order valence-electron chi connectivity index (χ4n) is 0.895. The van der Waals surface area contributed by atoms with Crippen molar-refractivity contribution in [2.45, 2.75) is 6.92 Å². The van der Waals surface area contributed by atoms with Crippen LogP contribution in [-0.2, 0) is 0 Å². The van der Waals surface area contributed by atoms with Gasteiger partial charge in [-0.1, -0.05) is 0 Å². The molecule has 1 aliphatic heterocycles. The molecule has 1 aliphatic rings. The third-order valence-corrected chi connectivity index (χ3v) is 1.51. The average molecular weight is 129 g/mol. The van der Waals surface area contributed by atoms with Gasteiger partial charge in [-0.05, 0) is 6.92 Å². The number of carbonyl (C=O) groups is 1. The second-order valence-electron chi connectivity index (χ2n) is 2.06. The van der Waals surface area contributed by atoms with Gasteiger partial charge in [0.15, 0.2) is 0 Å². The number of hydrogen-bond acceptors (Lipinski definition) is 2. The van der Waals surface area contributed by atoms with Gasteiger partial charge in [-0.25, -0.2) is 10.6 Å². The van der Waals surface area contributed by atoms with Crippen molar-refractivity contribution in [3.05, 3.63) is 0 Å². The number of nitrogens with zero attached hydrogens (tertiary/aromatic N) is 2. The van der Waals surface area contributed by atoms with Crippen LogP contribution in [0.3, 0.4) is 0 Å². The molecule has 0 radical (unpaired) electrons. The molecule has 2 amide bonds. The van der Waals surface area contributed by atoms with Crippen LogP contribution < -0.4 is 5.84 Å². The smallest absolute Gasteiger partial charge is 0.322 e. The zero-order valence-corrected chi connectivity index (χ0v) is 5.50. The number of carbonyl (C=O) groups excluding carboxylic acids is 1. The molecule has 0 spiro atoms. The van der Waals surface area contributed by atoms with Crippen molar-refractivity contribution in [2.24, 2.45) is 5.84 Å². The van der Waals surface area contributed by atoms with Gasteiger partial charge in [-0.3, -0.25) is 5.01 Å². The molecular weight excluding hydrogens is 118 g/mol. The summed E-state index contributed by atoms with van der Waals surface area (Å²) in [6.45, 7) is 4.13. The van der Waals surface area contributed by atoms with Crippen molar-refractivity contribution in [3.8, 4) is 0 Å². The molecule has 1 heterocycles. The van der Waals surface area contributed by atoms with Gasteiger partial charge in [-0.2, -0.15) is 0 Å². The summed E-state index contributed by atoms with van der Waals surface area (Å²) in [6.07, 6.45) is 0. The molecular formula is C5H11N3O. The number of nitrogens with two attached hydrogens (primary N) is 1. The van der Waals surface area contributed by atoms with Gasteiger partial charge >= 0.3 is 6.03 Å². The Kier molecular flexibility index (Phi) is 1.57. The van der Waals surface area contributed by atoms with Gasteiger partial charge in [-0.15, -0.1) is 0 Å². The molecule has 9 heavy (non-hydrogen) atoms. The van der Waals surface area contributed by atoms with Crippen LogP contribution in [0, 0.1) is 0 Å². The Balaban J connectivity index is 2.51. The molecule has 2 N–H and O–H groups in total. The molecule has 52 valence electrons. The number of amides is 2. The minimum atomic E-state index is -0.0579. The van der Waals surface area contributed by atoms with Gasteiger partial charge in [0, 0.05) is 13.1 Å². The SMILES string of the molecule is CCN1CCN(N)C1=O. The molecule has 4 heteroatoms. The lowest BCUT2D eigenvalue weighted by molar-refractivity contribution is 0.194. The lowest BCUT2D eigenvalue weighted by Gasteiger charge is -2.11. The first-order valence-electron chi connectivity index (χ1n) is 3.07. The maximum Gasteiger partial charge on any atom is 0.334 e. The number of likely N-dealkylation sites (N-methyl/N-ethyl adjacent to an activating group) is 1. The van der Waals surface area contributed by atoms with Crippen molar-refractivity contribution < 1.29 is 4.79 Å². The Bertz CT molecular complexity index is 125. The molecule has 1 rings (SSSR count). The normalized spacial score (nSPS) is 19.6. The van der Waals surface area contributed by atoms with Gasteiger partial charge in [0.25, 0.3) is 0 Å². The lowest BCUT2D eigenvalue weighted by atomic mass is 10.6. The topological polar surface area (TPSA) is 49.6 Å². The molecule has 4 nitrogen and oxygen atoms in total. The summed E-state index contributed by atoms with van der Waals surface area (Å²) in [5.74, 6) is 5.29. The van der Waals surface area contributed by atoms with Gasteiger partial charge in [0.2, 0.25) is 0 Å². The summed E-state index contributed by atoms with van der Waals surface area (Å²) in [5, 5.41) is 1.24. The van der Waals surface area contributed by atoms with E-state index in [2.05, 4.69) is 0 Å². The predicted molar refractivity (Wildman–Crippen MR) is 33.5 cm³/mol. The molecule has 0 saturated carbocycles. The minimum absolute atomic E-state index is 0.0579. The fraction of sp³-hybridized carbons (Fsp3) is 0.800. The van der Waals surface area contributed by atoms with E-state index in [1.165, 1.54) is 5.01 Å². The summed E-state index contributed by atoms with van der Waals surface area (Å²) in [5.41, 5.74) is 0. The molecule has 0 unspecified atom stereocenters. The van der Waals surface area contributed by atoms with Crippen LogP contribution >= 0.6 is 0 Å². The van der Waals surface area contributed by atoms with Crippen molar-refractivity contribution in [3.63, 3.8) is 0 Å².